The predicted molar refractivity (Wildman–Crippen MR) is 86.2 cm³/mol. The Bertz CT molecular complexity index is 321. The number of rotatable bonds is 6. The van der Waals surface area contributed by atoms with Crippen molar-refractivity contribution in [3.05, 3.63) is 0 Å². The average Bonchev–Trinajstić information content (AvgIpc) is 2.96. The van der Waals surface area contributed by atoms with Crippen molar-refractivity contribution in [2.45, 2.75) is 76.9 Å². The smallest absolute Gasteiger partial charge is 0.0576 e. The summed E-state index contributed by atoms with van der Waals surface area (Å²) in [6.07, 6.45) is 13.6. The molecule has 2 heteroatoms. The minimum Gasteiger partial charge on any atom is -0.378 e. The molecule has 0 radical (unpaired) electrons. The molecule has 1 N–H and O–H groups in total. The number of hydrogen-bond acceptors (Lipinski definition) is 2. The molecule has 120 valence electrons. The number of ether oxygens (including phenoxy) is 1. The highest BCUT2D eigenvalue weighted by molar-refractivity contribution is 5.01. The quantitative estimate of drug-likeness (QED) is 0.799. The minimum absolute atomic E-state index is 0.572. The summed E-state index contributed by atoms with van der Waals surface area (Å²) in [6.45, 7) is 4.43. The first-order chi connectivity index (χ1) is 10.3. The Morgan fingerprint density at radius 1 is 1.05 bits per heavy atom. The summed E-state index contributed by atoms with van der Waals surface area (Å²) in [4.78, 5) is 0. The van der Waals surface area contributed by atoms with Crippen LogP contribution < -0.4 is 5.32 Å². The van der Waals surface area contributed by atoms with Gasteiger partial charge in [0.05, 0.1) is 6.10 Å². The van der Waals surface area contributed by atoms with E-state index in [1.165, 1.54) is 25.7 Å². The van der Waals surface area contributed by atoms with Crippen LogP contribution >= 0.6 is 0 Å². The van der Waals surface area contributed by atoms with E-state index in [1.54, 1.807) is 32.1 Å². The molecule has 21 heavy (non-hydrogen) atoms. The van der Waals surface area contributed by atoms with Crippen LogP contribution in [0, 0.1) is 29.6 Å². The molecular weight excluding hydrogens is 258 g/mol. The van der Waals surface area contributed by atoms with E-state index in [2.05, 4.69) is 12.2 Å². The van der Waals surface area contributed by atoms with Gasteiger partial charge in [-0.1, -0.05) is 6.92 Å². The van der Waals surface area contributed by atoms with Gasteiger partial charge >= 0.3 is 0 Å². The number of hydrogen-bond donors (Lipinski definition) is 1. The minimum atomic E-state index is 0.572. The third-order valence-electron chi connectivity index (χ3n) is 7.05. The average molecular weight is 291 g/mol. The van der Waals surface area contributed by atoms with Crippen LogP contribution in [0.15, 0.2) is 0 Å². The van der Waals surface area contributed by atoms with Crippen molar-refractivity contribution in [3.63, 3.8) is 0 Å². The highest BCUT2D eigenvalue weighted by Gasteiger charge is 2.50. The fourth-order valence-electron chi connectivity index (χ4n) is 6.55. The van der Waals surface area contributed by atoms with E-state index in [9.17, 15) is 0 Å². The fourth-order valence-corrected chi connectivity index (χ4v) is 6.55. The summed E-state index contributed by atoms with van der Waals surface area (Å²) in [7, 11) is 0. The van der Waals surface area contributed by atoms with Crippen molar-refractivity contribution in [1.29, 1.82) is 0 Å². The van der Waals surface area contributed by atoms with E-state index in [0.717, 1.165) is 48.8 Å². The van der Waals surface area contributed by atoms with Crippen LogP contribution in [-0.2, 0) is 4.74 Å². The zero-order valence-electron chi connectivity index (χ0n) is 13.7. The maximum absolute atomic E-state index is 5.86. The number of nitrogens with one attached hydrogen (secondary N) is 1. The van der Waals surface area contributed by atoms with Crippen LogP contribution in [0.2, 0.25) is 0 Å². The summed E-state index contributed by atoms with van der Waals surface area (Å²) >= 11 is 0. The van der Waals surface area contributed by atoms with Crippen LogP contribution in [0.25, 0.3) is 0 Å². The Kier molecular flexibility index (Phi) is 4.28. The van der Waals surface area contributed by atoms with E-state index in [4.69, 9.17) is 4.74 Å². The zero-order valence-corrected chi connectivity index (χ0v) is 13.7. The van der Waals surface area contributed by atoms with Crippen molar-refractivity contribution in [1.82, 2.24) is 5.32 Å². The molecule has 2 unspecified atom stereocenters. The van der Waals surface area contributed by atoms with Crippen molar-refractivity contribution in [2.24, 2.45) is 29.6 Å². The van der Waals surface area contributed by atoms with Gasteiger partial charge in [0.2, 0.25) is 0 Å². The summed E-state index contributed by atoms with van der Waals surface area (Å²) in [6, 6.07) is 0.772. The molecule has 4 bridgehead atoms. The van der Waals surface area contributed by atoms with Crippen LogP contribution in [0.1, 0.15) is 64.7 Å². The molecule has 1 heterocycles. The van der Waals surface area contributed by atoms with E-state index in [1.807, 2.05) is 0 Å². The van der Waals surface area contributed by atoms with E-state index in [0.29, 0.717) is 6.10 Å². The molecule has 5 rings (SSSR count). The van der Waals surface area contributed by atoms with Gasteiger partial charge in [-0.2, -0.15) is 0 Å². The van der Waals surface area contributed by atoms with Gasteiger partial charge in [-0.3, -0.25) is 0 Å². The Morgan fingerprint density at radius 3 is 2.33 bits per heavy atom. The van der Waals surface area contributed by atoms with Crippen molar-refractivity contribution < 1.29 is 4.74 Å². The van der Waals surface area contributed by atoms with Gasteiger partial charge in [0.25, 0.3) is 0 Å². The molecule has 0 aromatic rings. The van der Waals surface area contributed by atoms with Gasteiger partial charge in [0, 0.05) is 12.6 Å². The van der Waals surface area contributed by atoms with Gasteiger partial charge < -0.3 is 10.1 Å². The molecule has 0 spiro atoms. The molecule has 2 atom stereocenters. The summed E-state index contributed by atoms with van der Waals surface area (Å²) in [5.41, 5.74) is 0. The molecular formula is C19H33NO. The third-order valence-corrected chi connectivity index (χ3v) is 7.05. The van der Waals surface area contributed by atoms with Gasteiger partial charge in [-0.15, -0.1) is 0 Å². The lowest BCUT2D eigenvalue weighted by atomic mass is 9.50. The Morgan fingerprint density at radius 2 is 1.76 bits per heavy atom. The SMILES string of the molecule is CCNC(CCC1CCCO1)C1C2CC3CC(C2)CC1C3. The molecule has 0 aromatic heterocycles. The molecule has 4 aliphatic carbocycles. The largest absolute Gasteiger partial charge is 0.378 e. The van der Waals surface area contributed by atoms with E-state index in [-0.39, 0.29) is 0 Å². The highest BCUT2D eigenvalue weighted by atomic mass is 16.5. The molecule has 0 amide bonds. The molecule has 0 aromatic carbocycles. The topological polar surface area (TPSA) is 21.3 Å². The first-order valence-electron chi connectivity index (χ1n) is 9.68. The molecule has 5 fully saturated rings. The highest BCUT2D eigenvalue weighted by Crippen LogP contribution is 2.57. The first-order valence-corrected chi connectivity index (χ1v) is 9.68. The Balaban J connectivity index is 1.40. The van der Waals surface area contributed by atoms with Crippen LogP contribution in [0.4, 0.5) is 0 Å². The van der Waals surface area contributed by atoms with E-state index >= 15 is 0 Å². The van der Waals surface area contributed by atoms with Gasteiger partial charge in [0.1, 0.15) is 0 Å². The second kappa shape index (κ2) is 6.20. The third kappa shape index (κ3) is 2.91. The van der Waals surface area contributed by atoms with Crippen molar-refractivity contribution in [2.75, 3.05) is 13.2 Å². The second-order valence-corrected chi connectivity index (χ2v) is 8.38. The molecule has 1 aliphatic heterocycles. The lowest BCUT2D eigenvalue weighted by molar-refractivity contribution is -0.0543. The summed E-state index contributed by atoms with van der Waals surface area (Å²) < 4.78 is 5.86. The predicted octanol–water partition coefficient (Wildman–Crippen LogP) is 4.00. The zero-order chi connectivity index (χ0) is 14.2. The maximum Gasteiger partial charge on any atom is 0.0576 e. The van der Waals surface area contributed by atoms with Crippen LogP contribution in [0.3, 0.4) is 0 Å². The monoisotopic (exact) mass is 291 g/mol. The summed E-state index contributed by atoms with van der Waals surface area (Å²) in [5.74, 6) is 5.29. The van der Waals surface area contributed by atoms with Crippen LogP contribution in [0.5, 0.6) is 0 Å². The summed E-state index contributed by atoms with van der Waals surface area (Å²) in [5, 5.41) is 3.88. The molecule has 1 saturated heterocycles. The van der Waals surface area contributed by atoms with Gasteiger partial charge in [0.15, 0.2) is 0 Å². The fraction of sp³-hybridized carbons (Fsp3) is 1.00. The first kappa shape index (κ1) is 14.5. The van der Waals surface area contributed by atoms with Gasteiger partial charge in [-0.25, -0.2) is 0 Å². The Labute approximate surface area is 130 Å². The normalized spacial score (nSPS) is 46.1. The maximum atomic E-state index is 5.86. The second-order valence-electron chi connectivity index (χ2n) is 8.38. The van der Waals surface area contributed by atoms with Gasteiger partial charge in [-0.05, 0) is 93.9 Å². The molecule has 2 nitrogen and oxygen atoms in total. The van der Waals surface area contributed by atoms with Crippen LogP contribution in [-0.4, -0.2) is 25.3 Å². The van der Waals surface area contributed by atoms with Crippen molar-refractivity contribution >= 4 is 0 Å². The van der Waals surface area contributed by atoms with E-state index < -0.39 is 0 Å². The van der Waals surface area contributed by atoms with Crippen molar-refractivity contribution in [3.8, 4) is 0 Å². The lowest BCUT2D eigenvalue weighted by Gasteiger charge is -2.56. The Hall–Kier alpha value is -0.0800. The standard InChI is InChI=1S/C19H33NO/c1-2-20-18(6-5-17-4-3-7-21-17)19-15-9-13-8-14(11-15)12-16(19)10-13/h13-20H,2-12H2,1H3. The molecule has 4 saturated carbocycles. The lowest BCUT2D eigenvalue weighted by Crippen LogP contribution is -2.53. The molecule has 5 aliphatic rings.